The fourth-order valence-corrected chi connectivity index (χ4v) is 0.906. The van der Waals surface area contributed by atoms with E-state index in [0.717, 1.165) is 11.0 Å². The van der Waals surface area contributed by atoms with Crippen molar-refractivity contribution in [3.63, 3.8) is 0 Å². The van der Waals surface area contributed by atoms with Gasteiger partial charge < -0.3 is 4.42 Å². The molecule has 1 nitrogen and oxygen atoms in total. The first-order chi connectivity index (χ1) is 7.47. The molecule has 86 valence electrons. The van der Waals surface area contributed by atoms with Crippen LogP contribution in [-0.4, -0.2) is 0 Å². The maximum Gasteiger partial charge on any atom is 0.133 e. The summed E-state index contributed by atoms with van der Waals surface area (Å²) in [5, 5.41) is 1.16. The predicted octanol–water partition coefficient (Wildman–Crippen LogP) is 5.51. The van der Waals surface area contributed by atoms with Crippen molar-refractivity contribution in [1.29, 1.82) is 0 Å². The van der Waals surface area contributed by atoms with Crippen molar-refractivity contribution < 1.29 is 4.42 Å². The Hall–Kier alpha value is -1.24. The van der Waals surface area contributed by atoms with Crippen LogP contribution in [0.4, 0.5) is 0 Å². The summed E-state index contributed by atoms with van der Waals surface area (Å²) in [7, 11) is 0. The van der Waals surface area contributed by atoms with Crippen molar-refractivity contribution in [2.45, 2.75) is 41.5 Å². The molecule has 0 fully saturated rings. The van der Waals surface area contributed by atoms with Crippen molar-refractivity contribution in [1.82, 2.24) is 0 Å². The Labute approximate surface area is 94.1 Å². The third-order valence-electron chi connectivity index (χ3n) is 1.36. The summed E-state index contributed by atoms with van der Waals surface area (Å²) >= 11 is 0. The van der Waals surface area contributed by atoms with Gasteiger partial charge >= 0.3 is 0 Å². The standard InChI is InChI=1S/C8H6O.3C2H6/c1-2-4-8-7(3-1)5-6-9-8;3*1-2/h1-6H;3*1-2H3. The third-order valence-corrected chi connectivity index (χ3v) is 1.36. The predicted molar refractivity (Wildman–Crippen MR) is 70.3 cm³/mol. The molecule has 1 aromatic carbocycles. The van der Waals surface area contributed by atoms with Crippen LogP contribution in [0, 0.1) is 0 Å². The highest BCUT2D eigenvalue weighted by atomic mass is 16.3. The van der Waals surface area contributed by atoms with Crippen LogP contribution in [0.15, 0.2) is 41.0 Å². The van der Waals surface area contributed by atoms with Gasteiger partial charge in [-0.2, -0.15) is 0 Å². The lowest BCUT2D eigenvalue weighted by Gasteiger charge is -1.81. The van der Waals surface area contributed by atoms with E-state index in [1.54, 1.807) is 6.26 Å². The van der Waals surface area contributed by atoms with Gasteiger partial charge in [0.15, 0.2) is 0 Å². The number of rotatable bonds is 0. The zero-order valence-electron chi connectivity index (χ0n) is 10.9. The third kappa shape index (κ3) is 5.95. The minimum atomic E-state index is 0.956. The highest BCUT2D eigenvalue weighted by Gasteiger charge is 1.89. The minimum Gasteiger partial charge on any atom is -0.464 e. The number of fused-ring (bicyclic) bond motifs is 1. The molecule has 0 aliphatic heterocycles. The number of furan rings is 1. The topological polar surface area (TPSA) is 13.1 Å². The summed E-state index contributed by atoms with van der Waals surface area (Å²) in [5.74, 6) is 0. The first-order valence-electron chi connectivity index (χ1n) is 5.89. The monoisotopic (exact) mass is 208 g/mol. The van der Waals surface area contributed by atoms with E-state index in [4.69, 9.17) is 4.42 Å². The molecule has 0 radical (unpaired) electrons. The molecule has 0 aliphatic rings. The molecule has 0 amide bonds. The van der Waals surface area contributed by atoms with Crippen LogP contribution >= 0.6 is 0 Å². The van der Waals surface area contributed by atoms with E-state index in [9.17, 15) is 0 Å². The SMILES string of the molecule is CC.CC.CC.c1ccc2occc2c1. The Morgan fingerprint density at radius 3 is 1.80 bits per heavy atom. The van der Waals surface area contributed by atoms with Crippen molar-refractivity contribution in [2.75, 3.05) is 0 Å². The largest absolute Gasteiger partial charge is 0.464 e. The van der Waals surface area contributed by atoms with Gasteiger partial charge in [-0.1, -0.05) is 59.7 Å². The summed E-state index contributed by atoms with van der Waals surface area (Å²) in [6.07, 6.45) is 1.70. The van der Waals surface area contributed by atoms with E-state index in [2.05, 4.69) is 0 Å². The number of hydrogen-bond donors (Lipinski definition) is 0. The summed E-state index contributed by atoms with van der Waals surface area (Å²) < 4.78 is 5.12. The van der Waals surface area contributed by atoms with Crippen LogP contribution in [0.2, 0.25) is 0 Å². The quantitative estimate of drug-likeness (QED) is 0.556. The Morgan fingerprint density at radius 2 is 1.27 bits per heavy atom. The van der Waals surface area contributed by atoms with E-state index in [0.29, 0.717) is 0 Å². The zero-order valence-corrected chi connectivity index (χ0v) is 10.9. The maximum absolute atomic E-state index is 5.12. The Kier molecular flexibility index (Phi) is 13.8. The van der Waals surface area contributed by atoms with E-state index in [1.807, 2.05) is 71.9 Å². The Balaban J connectivity index is 0. The molecule has 1 heterocycles. The van der Waals surface area contributed by atoms with Crippen molar-refractivity contribution in [3.05, 3.63) is 36.6 Å². The zero-order chi connectivity index (χ0) is 12.1. The summed E-state index contributed by atoms with van der Waals surface area (Å²) in [4.78, 5) is 0. The van der Waals surface area contributed by atoms with E-state index >= 15 is 0 Å². The number of hydrogen-bond acceptors (Lipinski definition) is 1. The Morgan fingerprint density at radius 1 is 0.733 bits per heavy atom. The Bertz CT molecular complexity index is 279. The first kappa shape index (κ1) is 16.2. The lowest BCUT2D eigenvalue weighted by atomic mass is 10.3. The van der Waals surface area contributed by atoms with Gasteiger partial charge in [-0.15, -0.1) is 0 Å². The molecule has 1 aromatic heterocycles. The van der Waals surface area contributed by atoms with Gasteiger partial charge in [0.05, 0.1) is 6.26 Å². The highest BCUT2D eigenvalue weighted by molar-refractivity contribution is 5.76. The van der Waals surface area contributed by atoms with E-state index < -0.39 is 0 Å². The van der Waals surface area contributed by atoms with Crippen LogP contribution in [0.25, 0.3) is 11.0 Å². The fraction of sp³-hybridized carbons (Fsp3) is 0.429. The average Bonchev–Trinajstić information content (AvgIpc) is 2.85. The smallest absolute Gasteiger partial charge is 0.133 e. The van der Waals surface area contributed by atoms with Gasteiger partial charge in [-0.05, 0) is 12.1 Å². The second kappa shape index (κ2) is 12.8. The van der Waals surface area contributed by atoms with Crippen molar-refractivity contribution in [2.24, 2.45) is 0 Å². The molecule has 0 N–H and O–H groups in total. The molecular weight excluding hydrogens is 184 g/mol. The minimum absolute atomic E-state index is 0.956. The molecule has 0 bridgehead atoms. The molecule has 0 spiro atoms. The van der Waals surface area contributed by atoms with Crippen LogP contribution in [-0.2, 0) is 0 Å². The molecule has 0 aliphatic carbocycles. The molecule has 2 rings (SSSR count). The molecule has 0 saturated carbocycles. The molecule has 2 aromatic rings. The lowest BCUT2D eigenvalue weighted by molar-refractivity contribution is 0.616. The van der Waals surface area contributed by atoms with Gasteiger partial charge in [-0.3, -0.25) is 0 Å². The molecule has 0 atom stereocenters. The first-order valence-corrected chi connectivity index (χ1v) is 5.89. The fourth-order valence-electron chi connectivity index (χ4n) is 0.906. The average molecular weight is 208 g/mol. The molecule has 0 saturated heterocycles. The number of para-hydroxylation sites is 1. The van der Waals surface area contributed by atoms with Gasteiger partial charge in [0.1, 0.15) is 5.58 Å². The summed E-state index contributed by atoms with van der Waals surface area (Å²) in [5.41, 5.74) is 0.956. The normalized spacial score (nSPS) is 7.33. The lowest BCUT2D eigenvalue weighted by Crippen LogP contribution is -1.57. The summed E-state index contributed by atoms with van der Waals surface area (Å²) in [6, 6.07) is 9.90. The van der Waals surface area contributed by atoms with Crippen LogP contribution in [0.3, 0.4) is 0 Å². The molecule has 0 unspecified atom stereocenters. The van der Waals surface area contributed by atoms with Crippen molar-refractivity contribution >= 4 is 11.0 Å². The van der Waals surface area contributed by atoms with E-state index in [-0.39, 0.29) is 0 Å². The van der Waals surface area contributed by atoms with Gasteiger partial charge in [0, 0.05) is 5.39 Å². The van der Waals surface area contributed by atoms with Gasteiger partial charge in [-0.25, -0.2) is 0 Å². The van der Waals surface area contributed by atoms with Crippen LogP contribution < -0.4 is 0 Å². The molecule has 15 heavy (non-hydrogen) atoms. The highest BCUT2D eigenvalue weighted by Crippen LogP contribution is 2.12. The van der Waals surface area contributed by atoms with Crippen molar-refractivity contribution in [3.8, 4) is 0 Å². The van der Waals surface area contributed by atoms with Gasteiger partial charge in [0.25, 0.3) is 0 Å². The van der Waals surface area contributed by atoms with Crippen LogP contribution in [0.5, 0.6) is 0 Å². The maximum atomic E-state index is 5.12. The van der Waals surface area contributed by atoms with Gasteiger partial charge in [0.2, 0.25) is 0 Å². The van der Waals surface area contributed by atoms with Crippen LogP contribution in [0.1, 0.15) is 41.5 Å². The summed E-state index contributed by atoms with van der Waals surface area (Å²) in [6.45, 7) is 12.0. The molecule has 1 heteroatoms. The molecular formula is C14H24O. The number of benzene rings is 1. The second-order valence-corrected chi connectivity index (χ2v) is 1.96. The van der Waals surface area contributed by atoms with E-state index in [1.165, 1.54) is 0 Å². The second-order valence-electron chi connectivity index (χ2n) is 1.96.